The quantitative estimate of drug-likeness (QED) is 0.841. The molecule has 0 heterocycles. The first-order chi connectivity index (χ1) is 8.18. The van der Waals surface area contributed by atoms with Crippen molar-refractivity contribution in [3.05, 3.63) is 35.9 Å². The lowest BCUT2D eigenvalue weighted by Gasteiger charge is -2.50. The molecule has 2 atom stereocenters. The van der Waals surface area contributed by atoms with Crippen LogP contribution in [0.5, 0.6) is 0 Å². The summed E-state index contributed by atoms with van der Waals surface area (Å²) in [6.45, 7) is 2.16. The number of nitrogens with one attached hydrogen (secondary N) is 1. The van der Waals surface area contributed by atoms with Crippen LogP contribution in [0.1, 0.15) is 44.6 Å². The van der Waals surface area contributed by atoms with Crippen molar-refractivity contribution in [1.29, 1.82) is 0 Å². The van der Waals surface area contributed by atoms with Gasteiger partial charge < -0.3 is 10.4 Å². The van der Waals surface area contributed by atoms with E-state index in [9.17, 15) is 5.11 Å². The van der Waals surface area contributed by atoms with Gasteiger partial charge in [0.2, 0.25) is 0 Å². The maximum absolute atomic E-state index is 11.2. The first-order valence-corrected chi connectivity index (χ1v) is 6.65. The zero-order valence-corrected chi connectivity index (χ0v) is 10.9. The van der Waals surface area contributed by atoms with Crippen molar-refractivity contribution in [2.75, 3.05) is 7.05 Å². The van der Waals surface area contributed by atoms with Crippen LogP contribution < -0.4 is 5.32 Å². The average molecular weight is 233 g/mol. The minimum absolute atomic E-state index is 0.174. The van der Waals surface area contributed by atoms with Gasteiger partial charge in [-0.1, -0.05) is 50.1 Å². The minimum atomic E-state index is -0.726. The molecule has 1 fully saturated rings. The summed E-state index contributed by atoms with van der Waals surface area (Å²) >= 11 is 0. The first kappa shape index (κ1) is 12.6. The van der Waals surface area contributed by atoms with Crippen LogP contribution in [0.4, 0.5) is 0 Å². The maximum atomic E-state index is 11.2. The Morgan fingerprint density at radius 2 is 1.82 bits per heavy atom. The van der Waals surface area contributed by atoms with Crippen LogP contribution in [0.15, 0.2) is 30.3 Å². The molecule has 2 nitrogen and oxygen atoms in total. The lowest BCUT2D eigenvalue weighted by Crippen LogP contribution is -2.61. The van der Waals surface area contributed by atoms with Gasteiger partial charge in [-0.05, 0) is 31.9 Å². The van der Waals surface area contributed by atoms with E-state index in [0.29, 0.717) is 0 Å². The third kappa shape index (κ3) is 1.90. The van der Waals surface area contributed by atoms with Gasteiger partial charge in [-0.3, -0.25) is 0 Å². The van der Waals surface area contributed by atoms with Gasteiger partial charge in [-0.2, -0.15) is 0 Å². The molecular weight excluding hydrogens is 210 g/mol. The third-order valence-corrected chi connectivity index (χ3v) is 4.52. The highest BCUT2D eigenvalue weighted by molar-refractivity contribution is 5.28. The molecule has 0 unspecified atom stereocenters. The van der Waals surface area contributed by atoms with E-state index in [0.717, 1.165) is 31.2 Å². The van der Waals surface area contributed by atoms with E-state index in [4.69, 9.17) is 0 Å². The Morgan fingerprint density at radius 3 is 2.41 bits per heavy atom. The third-order valence-electron chi connectivity index (χ3n) is 4.52. The van der Waals surface area contributed by atoms with Crippen LogP contribution in [-0.2, 0) is 5.60 Å². The van der Waals surface area contributed by atoms with E-state index in [1.807, 2.05) is 37.4 Å². The summed E-state index contributed by atoms with van der Waals surface area (Å²) in [6.07, 6.45) is 5.16. The topological polar surface area (TPSA) is 32.3 Å². The number of likely N-dealkylation sites (N-methyl/N-ethyl adjacent to an activating group) is 1. The molecule has 1 aliphatic carbocycles. The van der Waals surface area contributed by atoms with Gasteiger partial charge in [0.25, 0.3) is 0 Å². The molecule has 2 heteroatoms. The largest absolute Gasteiger partial charge is 0.383 e. The summed E-state index contributed by atoms with van der Waals surface area (Å²) in [6, 6.07) is 10.1. The summed E-state index contributed by atoms with van der Waals surface area (Å²) < 4.78 is 0. The lowest BCUT2D eigenvalue weighted by molar-refractivity contribution is -0.0880. The van der Waals surface area contributed by atoms with Crippen LogP contribution in [0, 0.1) is 0 Å². The van der Waals surface area contributed by atoms with Gasteiger partial charge in [0.1, 0.15) is 5.60 Å². The molecule has 1 saturated carbocycles. The van der Waals surface area contributed by atoms with E-state index < -0.39 is 5.60 Å². The van der Waals surface area contributed by atoms with E-state index in [-0.39, 0.29) is 5.54 Å². The fourth-order valence-electron chi connectivity index (χ4n) is 3.37. The molecule has 2 rings (SSSR count). The van der Waals surface area contributed by atoms with E-state index in [1.54, 1.807) is 0 Å². The summed E-state index contributed by atoms with van der Waals surface area (Å²) in [5.41, 5.74) is 0.152. The number of benzene rings is 1. The van der Waals surface area contributed by atoms with Gasteiger partial charge in [-0.15, -0.1) is 0 Å². The summed E-state index contributed by atoms with van der Waals surface area (Å²) in [4.78, 5) is 0. The van der Waals surface area contributed by atoms with E-state index in [2.05, 4.69) is 12.2 Å². The highest BCUT2D eigenvalue weighted by atomic mass is 16.3. The van der Waals surface area contributed by atoms with Crippen molar-refractivity contribution in [1.82, 2.24) is 5.32 Å². The van der Waals surface area contributed by atoms with Gasteiger partial charge in [-0.25, -0.2) is 0 Å². The second kappa shape index (κ2) is 4.79. The standard InChI is InChI=1S/C15H23NO/c1-3-14(16-2)11-7-8-12-15(14,17)13-9-5-4-6-10-13/h4-6,9-10,16-17H,3,7-8,11-12H2,1-2H3/t14-,15+/m0/s1. The molecule has 2 N–H and O–H groups in total. The van der Waals surface area contributed by atoms with Crippen LogP contribution in [0.25, 0.3) is 0 Å². The molecule has 17 heavy (non-hydrogen) atoms. The average Bonchev–Trinajstić information content (AvgIpc) is 2.41. The SMILES string of the molecule is CC[C@]1(NC)CCCC[C@@]1(O)c1ccccc1. The fraction of sp³-hybridized carbons (Fsp3) is 0.600. The Kier molecular flexibility index (Phi) is 3.55. The van der Waals surface area contributed by atoms with Gasteiger partial charge in [0, 0.05) is 0 Å². The lowest BCUT2D eigenvalue weighted by atomic mass is 9.64. The van der Waals surface area contributed by atoms with Gasteiger partial charge >= 0.3 is 0 Å². The molecule has 0 bridgehead atoms. The van der Waals surface area contributed by atoms with Crippen molar-refractivity contribution in [2.24, 2.45) is 0 Å². The number of aliphatic hydroxyl groups is 1. The summed E-state index contributed by atoms with van der Waals surface area (Å²) in [5.74, 6) is 0. The summed E-state index contributed by atoms with van der Waals surface area (Å²) in [7, 11) is 1.97. The smallest absolute Gasteiger partial charge is 0.108 e. The van der Waals surface area contributed by atoms with Crippen molar-refractivity contribution < 1.29 is 5.11 Å². The summed E-state index contributed by atoms with van der Waals surface area (Å²) in [5, 5.41) is 14.6. The molecule has 0 aromatic heterocycles. The van der Waals surface area contributed by atoms with Gasteiger partial charge in [0.05, 0.1) is 5.54 Å². The number of hydrogen-bond acceptors (Lipinski definition) is 2. The van der Waals surface area contributed by atoms with Crippen molar-refractivity contribution >= 4 is 0 Å². The molecule has 0 amide bonds. The molecule has 1 aliphatic rings. The molecule has 1 aromatic rings. The zero-order chi connectivity index (χ0) is 12.4. The first-order valence-electron chi connectivity index (χ1n) is 6.65. The Bertz CT molecular complexity index is 358. The number of rotatable bonds is 3. The molecule has 94 valence electrons. The van der Waals surface area contributed by atoms with Crippen LogP contribution >= 0.6 is 0 Å². The monoisotopic (exact) mass is 233 g/mol. The minimum Gasteiger partial charge on any atom is -0.383 e. The van der Waals surface area contributed by atoms with Crippen molar-refractivity contribution in [2.45, 2.75) is 50.2 Å². The highest BCUT2D eigenvalue weighted by Crippen LogP contribution is 2.46. The molecule has 0 spiro atoms. The Labute approximate surface area is 104 Å². The molecular formula is C15H23NO. The second-order valence-electron chi connectivity index (χ2n) is 5.12. The van der Waals surface area contributed by atoms with Crippen LogP contribution in [0.2, 0.25) is 0 Å². The molecule has 1 aromatic carbocycles. The maximum Gasteiger partial charge on any atom is 0.108 e. The number of hydrogen-bond donors (Lipinski definition) is 2. The Morgan fingerprint density at radius 1 is 1.18 bits per heavy atom. The Balaban J connectivity index is 2.44. The second-order valence-corrected chi connectivity index (χ2v) is 5.12. The predicted molar refractivity (Wildman–Crippen MR) is 70.9 cm³/mol. The zero-order valence-electron chi connectivity index (χ0n) is 10.9. The highest BCUT2D eigenvalue weighted by Gasteiger charge is 2.50. The molecule has 0 aliphatic heterocycles. The van der Waals surface area contributed by atoms with Crippen molar-refractivity contribution in [3.8, 4) is 0 Å². The van der Waals surface area contributed by atoms with Gasteiger partial charge in [0.15, 0.2) is 0 Å². The van der Waals surface area contributed by atoms with Crippen LogP contribution in [-0.4, -0.2) is 17.7 Å². The fourth-order valence-corrected chi connectivity index (χ4v) is 3.37. The van der Waals surface area contributed by atoms with Crippen molar-refractivity contribution in [3.63, 3.8) is 0 Å². The van der Waals surface area contributed by atoms with E-state index >= 15 is 0 Å². The van der Waals surface area contributed by atoms with E-state index in [1.165, 1.54) is 6.42 Å². The Hall–Kier alpha value is -0.860. The molecule has 0 saturated heterocycles. The molecule has 0 radical (unpaired) electrons. The predicted octanol–water partition coefficient (Wildman–Crippen LogP) is 2.82. The van der Waals surface area contributed by atoms with Crippen LogP contribution in [0.3, 0.4) is 0 Å². The normalized spacial score (nSPS) is 33.6.